The van der Waals surface area contributed by atoms with Crippen LogP contribution in [0.4, 0.5) is 5.69 Å². The molecule has 0 radical (unpaired) electrons. The van der Waals surface area contributed by atoms with Gasteiger partial charge in [-0.1, -0.05) is 48.5 Å². The maximum Gasteiger partial charge on any atom is 0.307 e. The highest BCUT2D eigenvalue weighted by atomic mass is 32.2. The Balaban J connectivity index is 1.45. The van der Waals surface area contributed by atoms with Crippen molar-refractivity contribution in [1.29, 1.82) is 0 Å². The Hall–Kier alpha value is -3.23. The van der Waals surface area contributed by atoms with Crippen molar-refractivity contribution in [2.24, 2.45) is 0 Å². The number of carbonyl (C=O) groups excluding carboxylic acids is 2. The molecule has 3 aromatic carbocycles. The van der Waals surface area contributed by atoms with Gasteiger partial charge < -0.3 is 10.1 Å². The largest absolute Gasteiger partial charge is 0.456 e. The number of esters is 1. The van der Waals surface area contributed by atoms with Crippen LogP contribution in [0.1, 0.15) is 6.42 Å². The second-order valence-corrected chi connectivity index (χ2v) is 8.00. The van der Waals surface area contributed by atoms with Crippen molar-refractivity contribution in [3.8, 4) is 0 Å². The van der Waals surface area contributed by atoms with E-state index in [-0.39, 0.29) is 17.9 Å². The van der Waals surface area contributed by atoms with Crippen LogP contribution in [-0.2, 0) is 24.3 Å². The van der Waals surface area contributed by atoms with Crippen LogP contribution in [0.3, 0.4) is 0 Å². The molecule has 0 atom stereocenters. The number of para-hydroxylation sites is 1. The Morgan fingerprint density at radius 2 is 1.55 bits per heavy atom. The van der Waals surface area contributed by atoms with Gasteiger partial charge in [0.25, 0.3) is 5.91 Å². The first kappa shape index (κ1) is 20.5. The van der Waals surface area contributed by atoms with Gasteiger partial charge in [0.05, 0.1) is 11.3 Å². The van der Waals surface area contributed by atoms with Gasteiger partial charge in [-0.05, 0) is 35.0 Å². The lowest BCUT2D eigenvalue weighted by Crippen LogP contribution is -2.28. The zero-order valence-electron chi connectivity index (χ0n) is 15.5. The van der Waals surface area contributed by atoms with Gasteiger partial charge in [0.2, 0.25) is 10.0 Å². The molecular formula is C21H20N2O5S. The molecule has 150 valence electrons. The topological polar surface area (TPSA) is 102 Å². The first-order valence-corrected chi connectivity index (χ1v) is 10.4. The molecule has 0 fully saturated rings. The first-order chi connectivity index (χ1) is 13.9. The van der Waals surface area contributed by atoms with E-state index >= 15 is 0 Å². The quantitative estimate of drug-likeness (QED) is 0.554. The second-order valence-electron chi connectivity index (χ2n) is 6.23. The molecule has 0 unspecified atom stereocenters. The molecule has 3 aromatic rings. The third-order valence-corrected chi connectivity index (χ3v) is 5.53. The molecule has 0 aliphatic rings. The third-order valence-electron chi connectivity index (χ3n) is 4.07. The second kappa shape index (κ2) is 9.31. The summed E-state index contributed by atoms with van der Waals surface area (Å²) in [6.45, 7) is -0.570. The minimum absolute atomic E-state index is 0.117. The number of fused-ring (bicyclic) bond motifs is 1. The number of sulfonamides is 1. The molecule has 0 aromatic heterocycles. The number of rotatable bonds is 8. The Kier molecular flexibility index (Phi) is 6.58. The molecule has 7 nitrogen and oxygen atoms in total. The number of anilines is 1. The average Bonchev–Trinajstić information content (AvgIpc) is 2.72. The maximum atomic E-state index is 12.4. The molecule has 0 spiro atoms. The van der Waals surface area contributed by atoms with Gasteiger partial charge in [-0.15, -0.1) is 0 Å². The van der Waals surface area contributed by atoms with Crippen molar-refractivity contribution in [2.75, 3.05) is 18.5 Å². The fraction of sp³-hybridized carbons (Fsp3) is 0.143. The van der Waals surface area contributed by atoms with Gasteiger partial charge in [0.15, 0.2) is 6.61 Å². The smallest absolute Gasteiger partial charge is 0.307 e. The van der Waals surface area contributed by atoms with Crippen LogP contribution in [0.25, 0.3) is 10.8 Å². The molecule has 0 aliphatic carbocycles. The van der Waals surface area contributed by atoms with Crippen LogP contribution in [0.15, 0.2) is 77.7 Å². The molecule has 0 aliphatic heterocycles. The Labute approximate surface area is 168 Å². The van der Waals surface area contributed by atoms with E-state index in [0.717, 1.165) is 10.8 Å². The van der Waals surface area contributed by atoms with Crippen molar-refractivity contribution in [1.82, 2.24) is 4.72 Å². The monoisotopic (exact) mass is 412 g/mol. The van der Waals surface area contributed by atoms with Gasteiger partial charge in [-0.25, -0.2) is 13.1 Å². The van der Waals surface area contributed by atoms with Crippen molar-refractivity contribution >= 4 is 38.4 Å². The van der Waals surface area contributed by atoms with Gasteiger partial charge in [-0.2, -0.15) is 0 Å². The van der Waals surface area contributed by atoms with Crippen molar-refractivity contribution in [3.05, 3.63) is 72.8 Å². The molecule has 0 bridgehead atoms. The molecule has 0 heterocycles. The van der Waals surface area contributed by atoms with E-state index in [1.165, 1.54) is 6.07 Å². The Morgan fingerprint density at radius 3 is 2.31 bits per heavy atom. The van der Waals surface area contributed by atoms with E-state index in [0.29, 0.717) is 5.69 Å². The minimum Gasteiger partial charge on any atom is -0.456 e. The van der Waals surface area contributed by atoms with Crippen molar-refractivity contribution in [2.45, 2.75) is 11.3 Å². The summed E-state index contributed by atoms with van der Waals surface area (Å²) in [4.78, 5) is 23.6. The number of amides is 1. The lowest BCUT2D eigenvalue weighted by Gasteiger charge is -2.09. The SMILES string of the molecule is O=C(COC(=O)CCNS(=O)(=O)c1ccc2ccccc2c1)Nc1ccccc1. The zero-order valence-corrected chi connectivity index (χ0v) is 16.3. The van der Waals surface area contributed by atoms with E-state index in [2.05, 4.69) is 10.0 Å². The summed E-state index contributed by atoms with van der Waals surface area (Å²) < 4.78 is 32.0. The van der Waals surface area contributed by atoms with Crippen molar-refractivity contribution in [3.63, 3.8) is 0 Å². The fourth-order valence-corrected chi connectivity index (χ4v) is 3.71. The normalized spacial score (nSPS) is 11.2. The zero-order chi connectivity index (χ0) is 20.7. The van der Waals surface area contributed by atoms with Crippen LogP contribution in [-0.4, -0.2) is 33.4 Å². The Bertz CT molecular complexity index is 1110. The summed E-state index contributed by atoms with van der Waals surface area (Å²) in [6, 6.07) is 21.0. The molecule has 1 amide bonds. The van der Waals surface area contributed by atoms with Crippen LogP contribution >= 0.6 is 0 Å². The van der Waals surface area contributed by atoms with E-state index in [9.17, 15) is 18.0 Å². The summed E-state index contributed by atoms with van der Waals surface area (Å²) in [5.74, 6) is -1.14. The predicted octanol–water partition coefficient (Wildman–Crippen LogP) is 2.69. The fourth-order valence-electron chi connectivity index (χ4n) is 2.64. The lowest BCUT2D eigenvalue weighted by atomic mass is 10.1. The standard InChI is InChI=1S/C21H20N2O5S/c24-20(23-18-8-2-1-3-9-18)15-28-21(25)12-13-22-29(26,27)19-11-10-16-6-4-5-7-17(16)14-19/h1-11,14,22H,12-13,15H2,(H,23,24). The molecular weight excluding hydrogens is 392 g/mol. The lowest BCUT2D eigenvalue weighted by molar-refractivity contribution is -0.147. The van der Waals surface area contributed by atoms with Gasteiger partial charge in [0, 0.05) is 12.2 Å². The summed E-state index contributed by atoms with van der Waals surface area (Å²) >= 11 is 0. The highest BCUT2D eigenvalue weighted by Gasteiger charge is 2.15. The number of nitrogens with one attached hydrogen (secondary N) is 2. The number of hydrogen-bond acceptors (Lipinski definition) is 5. The molecule has 2 N–H and O–H groups in total. The van der Waals surface area contributed by atoms with E-state index < -0.39 is 28.5 Å². The van der Waals surface area contributed by atoms with Crippen LogP contribution in [0.5, 0.6) is 0 Å². The van der Waals surface area contributed by atoms with E-state index in [1.54, 1.807) is 36.4 Å². The summed E-state index contributed by atoms with van der Waals surface area (Å²) in [6.07, 6.45) is -0.189. The number of carbonyl (C=O) groups is 2. The summed E-state index contributed by atoms with van der Waals surface area (Å²) in [5, 5.41) is 4.32. The Morgan fingerprint density at radius 1 is 0.862 bits per heavy atom. The van der Waals surface area contributed by atoms with Gasteiger partial charge in [-0.3, -0.25) is 9.59 Å². The minimum atomic E-state index is -3.76. The van der Waals surface area contributed by atoms with Gasteiger partial charge >= 0.3 is 5.97 Å². The number of ether oxygens (including phenoxy) is 1. The molecule has 0 saturated heterocycles. The predicted molar refractivity (Wildman–Crippen MR) is 110 cm³/mol. The first-order valence-electron chi connectivity index (χ1n) is 8.93. The summed E-state index contributed by atoms with van der Waals surface area (Å²) in [5.41, 5.74) is 0.594. The van der Waals surface area contributed by atoms with Gasteiger partial charge in [0.1, 0.15) is 0 Å². The average molecular weight is 412 g/mol. The molecule has 0 saturated carbocycles. The van der Waals surface area contributed by atoms with Crippen LogP contribution in [0, 0.1) is 0 Å². The maximum absolute atomic E-state index is 12.4. The molecule has 8 heteroatoms. The highest BCUT2D eigenvalue weighted by molar-refractivity contribution is 7.89. The number of benzene rings is 3. The molecule has 29 heavy (non-hydrogen) atoms. The van der Waals surface area contributed by atoms with Crippen LogP contribution in [0.2, 0.25) is 0 Å². The van der Waals surface area contributed by atoms with Crippen LogP contribution < -0.4 is 10.0 Å². The van der Waals surface area contributed by atoms with E-state index in [4.69, 9.17) is 4.74 Å². The van der Waals surface area contributed by atoms with Crippen molar-refractivity contribution < 1.29 is 22.7 Å². The van der Waals surface area contributed by atoms with E-state index in [1.807, 2.05) is 30.3 Å². The number of hydrogen-bond donors (Lipinski definition) is 2. The molecule has 3 rings (SSSR count). The highest BCUT2D eigenvalue weighted by Crippen LogP contribution is 2.18. The summed E-state index contributed by atoms with van der Waals surface area (Å²) in [7, 11) is -3.76. The third kappa shape index (κ3) is 5.87.